The standard InChI is InChI=1S/C4H8INS/c5-7-4-2-1-3-6/h1-2H,3-4,6H2/b2-1+. The molecule has 0 aromatic rings. The molecular weight excluding hydrogens is 221 g/mol. The summed E-state index contributed by atoms with van der Waals surface area (Å²) in [7, 11) is 1.77. The van der Waals surface area contributed by atoms with Gasteiger partial charge in [0.1, 0.15) is 0 Å². The topological polar surface area (TPSA) is 26.0 Å². The monoisotopic (exact) mass is 229 g/mol. The predicted octanol–water partition coefficient (Wildman–Crippen LogP) is 1.58. The second-order valence-electron chi connectivity index (χ2n) is 0.983. The van der Waals surface area contributed by atoms with Crippen LogP contribution in [0.25, 0.3) is 0 Å². The largest absolute Gasteiger partial charge is 0.327 e. The summed E-state index contributed by atoms with van der Waals surface area (Å²) in [4.78, 5) is 0. The summed E-state index contributed by atoms with van der Waals surface area (Å²) in [6.45, 7) is 0.664. The minimum Gasteiger partial charge on any atom is -0.327 e. The molecule has 3 heteroatoms. The average Bonchev–Trinajstić information content (AvgIpc) is 1.69. The summed E-state index contributed by atoms with van der Waals surface area (Å²) in [5.41, 5.74) is 5.17. The maximum absolute atomic E-state index is 5.17. The summed E-state index contributed by atoms with van der Waals surface area (Å²) in [5.74, 6) is 1.07. The smallest absolute Gasteiger partial charge is 0.0214 e. The molecule has 7 heavy (non-hydrogen) atoms. The highest BCUT2D eigenvalue weighted by molar-refractivity contribution is 14.2. The Kier molecular flexibility index (Phi) is 7.54. The molecule has 0 aliphatic rings. The van der Waals surface area contributed by atoms with Crippen molar-refractivity contribution < 1.29 is 0 Å². The lowest BCUT2D eigenvalue weighted by Crippen LogP contribution is -1.91. The minimum absolute atomic E-state index is 0.664. The first-order valence-electron chi connectivity index (χ1n) is 2.00. The lowest BCUT2D eigenvalue weighted by Gasteiger charge is -1.78. The van der Waals surface area contributed by atoms with E-state index in [0.29, 0.717) is 6.54 Å². The quantitative estimate of drug-likeness (QED) is 0.587. The van der Waals surface area contributed by atoms with E-state index < -0.39 is 0 Å². The maximum atomic E-state index is 5.17. The first kappa shape index (κ1) is 7.78. The van der Waals surface area contributed by atoms with E-state index >= 15 is 0 Å². The van der Waals surface area contributed by atoms with Gasteiger partial charge in [-0.25, -0.2) is 0 Å². The molecule has 0 unspecified atom stereocenters. The Labute approximate surface area is 60.3 Å². The van der Waals surface area contributed by atoms with Gasteiger partial charge in [-0.3, -0.25) is 0 Å². The van der Waals surface area contributed by atoms with E-state index in [0.717, 1.165) is 5.75 Å². The van der Waals surface area contributed by atoms with Crippen LogP contribution >= 0.6 is 30.1 Å². The van der Waals surface area contributed by atoms with Gasteiger partial charge >= 0.3 is 0 Å². The summed E-state index contributed by atoms with van der Waals surface area (Å²) >= 11 is 2.25. The molecule has 0 bridgehead atoms. The molecule has 1 nitrogen and oxygen atoms in total. The van der Waals surface area contributed by atoms with Crippen molar-refractivity contribution >= 4 is 30.1 Å². The van der Waals surface area contributed by atoms with Crippen LogP contribution in [0.1, 0.15) is 0 Å². The number of hydrogen-bond acceptors (Lipinski definition) is 2. The van der Waals surface area contributed by atoms with E-state index in [4.69, 9.17) is 5.73 Å². The SMILES string of the molecule is NC/C=C/CSI. The average molecular weight is 229 g/mol. The summed E-state index contributed by atoms with van der Waals surface area (Å²) in [5, 5.41) is 0. The summed E-state index contributed by atoms with van der Waals surface area (Å²) < 4.78 is 0. The van der Waals surface area contributed by atoms with Crippen LogP contribution in [0.3, 0.4) is 0 Å². The van der Waals surface area contributed by atoms with Gasteiger partial charge < -0.3 is 5.73 Å². The van der Waals surface area contributed by atoms with Crippen molar-refractivity contribution in [2.45, 2.75) is 0 Å². The zero-order chi connectivity index (χ0) is 5.54. The third kappa shape index (κ3) is 6.78. The molecule has 0 radical (unpaired) electrons. The molecule has 0 aliphatic heterocycles. The Hall–Kier alpha value is 0.780. The van der Waals surface area contributed by atoms with Crippen LogP contribution in [0.4, 0.5) is 0 Å². The Morgan fingerprint density at radius 3 is 2.71 bits per heavy atom. The third-order valence-corrected chi connectivity index (χ3v) is 1.86. The van der Waals surface area contributed by atoms with Gasteiger partial charge in [0, 0.05) is 12.3 Å². The van der Waals surface area contributed by atoms with Gasteiger partial charge in [0.2, 0.25) is 0 Å². The summed E-state index contributed by atoms with van der Waals surface area (Å²) in [6, 6.07) is 0. The Morgan fingerprint density at radius 1 is 1.57 bits per heavy atom. The molecule has 0 atom stereocenters. The molecule has 0 saturated heterocycles. The first-order chi connectivity index (χ1) is 3.41. The van der Waals surface area contributed by atoms with E-state index in [1.807, 2.05) is 6.08 Å². The van der Waals surface area contributed by atoms with Crippen molar-refractivity contribution in [2.75, 3.05) is 12.3 Å². The van der Waals surface area contributed by atoms with Crippen LogP contribution in [0.5, 0.6) is 0 Å². The zero-order valence-electron chi connectivity index (χ0n) is 3.93. The molecule has 0 amide bonds. The third-order valence-electron chi connectivity index (χ3n) is 0.462. The second-order valence-corrected chi connectivity index (χ2v) is 3.40. The first-order valence-corrected chi connectivity index (χ1v) is 5.53. The lowest BCUT2D eigenvalue weighted by atomic mass is 10.5. The fourth-order valence-corrected chi connectivity index (χ4v) is 1.03. The van der Waals surface area contributed by atoms with Crippen molar-refractivity contribution in [3.05, 3.63) is 12.2 Å². The Balaban J connectivity index is 2.78. The Morgan fingerprint density at radius 2 is 2.29 bits per heavy atom. The predicted molar refractivity (Wildman–Crippen MR) is 44.7 cm³/mol. The Bertz CT molecular complexity index is 55.7. The normalized spacial score (nSPS) is 10.6. The van der Waals surface area contributed by atoms with E-state index in [1.54, 1.807) is 8.93 Å². The lowest BCUT2D eigenvalue weighted by molar-refractivity contribution is 1.25. The van der Waals surface area contributed by atoms with E-state index in [1.165, 1.54) is 0 Å². The van der Waals surface area contributed by atoms with E-state index in [2.05, 4.69) is 27.3 Å². The van der Waals surface area contributed by atoms with Crippen molar-refractivity contribution in [2.24, 2.45) is 5.73 Å². The number of rotatable bonds is 3. The molecular formula is C4H8INS. The number of nitrogens with two attached hydrogens (primary N) is 1. The van der Waals surface area contributed by atoms with E-state index in [-0.39, 0.29) is 0 Å². The number of hydrogen-bond donors (Lipinski definition) is 1. The molecule has 2 N–H and O–H groups in total. The molecule has 0 spiro atoms. The van der Waals surface area contributed by atoms with Crippen molar-refractivity contribution in [3.8, 4) is 0 Å². The van der Waals surface area contributed by atoms with Gasteiger partial charge in [-0.2, -0.15) is 0 Å². The molecule has 0 rings (SSSR count). The summed E-state index contributed by atoms with van der Waals surface area (Å²) in [6.07, 6.45) is 4.03. The van der Waals surface area contributed by atoms with Crippen LogP contribution in [0.15, 0.2) is 12.2 Å². The van der Waals surface area contributed by atoms with Crippen LogP contribution < -0.4 is 5.73 Å². The highest BCUT2D eigenvalue weighted by atomic mass is 127. The van der Waals surface area contributed by atoms with Gasteiger partial charge in [-0.1, -0.05) is 21.1 Å². The fourth-order valence-electron chi connectivity index (χ4n) is 0.201. The minimum atomic E-state index is 0.664. The second kappa shape index (κ2) is 6.78. The molecule has 0 aromatic heterocycles. The van der Waals surface area contributed by atoms with Gasteiger partial charge in [0.05, 0.1) is 0 Å². The molecule has 0 aliphatic carbocycles. The van der Waals surface area contributed by atoms with Gasteiger partial charge in [-0.05, 0) is 21.2 Å². The number of halogens is 1. The highest BCUT2D eigenvalue weighted by Gasteiger charge is 1.69. The van der Waals surface area contributed by atoms with Crippen LogP contribution in [-0.2, 0) is 0 Å². The van der Waals surface area contributed by atoms with Crippen molar-refractivity contribution in [3.63, 3.8) is 0 Å². The zero-order valence-corrected chi connectivity index (χ0v) is 6.91. The highest BCUT2D eigenvalue weighted by Crippen LogP contribution is 2.09. The van der Waals surface area contributed by atoms with Gasteiger partial charge in [-0.15, -0.1) is 0 Å². The molecule has 0 fully saturated rings. The van der Waals surface area contributed by atoms with Crippen LogP contribution in [0.2, 0.25) is 0 Å². The molecule has 42 valence electrons. The molecule has 0 heterocycles. The molecule has 0 aromatic carbocycles. The van der Waals surface area contributed by atoms with Gasteiger partial charge in [0.15, 0.2) is 0 Å². The van der Waals surface area contributed by atoms with Gasteiger partial charge in [0.25, 0.3) is 0 Å². The van der Waals surface area contributed by atoms with Crippen molar-refractivity contribution in [1.82, 2.24) is 0 Å². The van der Waals surface area contributed by atoms with Crippen LogP contribution in [-0.4, -0.2) is 12.3 Å². The van der Waals surface area contributed by atoms with E-state index in [9.17, 15) is 0 Å². The maximum Gasteiger partial charge on any atom is 0.0214 e. The molecule has 0 saturated carbocycles. The van der Waals surface area contributed by atoms with Crippen molar-refractivity contribution in [1.29, 1.82) is 0 Å². The van der Waals surface area contributed by atoms with Crippen LogP contribution in [0, 0.1) is 0 Å². The fraction of sp³-hybridized carbons (Fsp3) is 0.500.